The second-order valence-corrected chi connectivity index (χ2v) is 4.62. The van der Waals surface area contributed by atoms with Crippen LogP contribution in [0, 0.1) is 11.6 Å². The maximum absolute atomic E-state index is 13.3. The number of halogens is 3. The predicted octanol–water partition coefficient (Wildman–Crippen LogP) is 4.05. The first-order valence-corrected chi connectivity index (χ1v) is 6.02. The molecule has 0 saturated carbocycles. The molecule has 0 saturated heterocycles. The van der Waals surface area contributed by atoms with Crippen molar-refractivity contribution in [3.8, 4) is 5.75 Å². The lowest BCUT2D eigenvalue weighted by atomic mass is 10.2. The molecule has 0 aliphatic heterocycles. The summed E-state index contributed by atoms with van der Waals surface area (Å²) in [6.07, 6.45) is 0. The molecule has 2 aromatic carbocycles. The molecule has 2 aromatic rings. The van der Waals surface area contributed by atoms with Gasteiger partial charge in [-0.15, -0.1) is 0 Å². The van der Waals surface area contributed by atoms with Crippen molar-refractivity contribution in [3.05, 3.63) is 58.1 Å². The third-order valence-corrected chi connectivity index (χ3v) is 3.06. The van der Waals surface area contributed by atoms with Crippen LogP contribution in [-0.4, -0.2) is 5.11 Å². The lowest BCUT2D eigenvalue weighted by molar-refractivity contribution is 0.471. The molecule has 0 radical (unpaired) electrons. The zero-order valence-corrected chi connectivity index (χ0v) is 10.8. The largest absolute Gasteiger partial charge is 0.507 e. The van der Waals surface area contributed by atoms with E-state index < -0.39 is 11.6 Å². The van der Waals surface area contributed by atoms with E-state index in [9.17, 15) is 13.9 Å². The summed E-state index contributed by atoms with van der Waals surface area (Å²) in [7, 11) is 0. The maximum atomic E-state index is 13.3. The Morgan fingerprint density at radius 3 is 2.61 bits per heavy atom. The molecule has 18 heavy (non-hydrogen) atoms. The van der Waals surface area contributed by atoms with Gasteiger partial charge in [-0.1, -0.05) is 6.07 Å². The minimum Gasteiger partial charge on any atom is -0.507 e. The van der Waals surface area contributed by atoms with Gasteiger partial charge in [-0.2, -0.15) is 0 Å². The lowest BCUT2D eigenvalue weighted by Crippen LogP contribution is -2.01. The summed E-state index contributed by atoms with van der Waals surface area (Å²) >= 11 is 3.19. The van der Waals surface area contributed by atoms with Gasteiger partial charge in [-0.05, 0) is 51.8 Å². The summed E-state index contributed by atoms with van der Waals surface area (Å²) in [6.45, 7) is 0.333. The van der Waals surface area contributed by atoms with E-state index in [-0.39, 0.29) is 11.4 Å². The second kappa shape index (κ2) is 5.35. The number of phenols is 1. The molecule has 0 spiro atoms. The first-order chi connectivity index (χ1) is 8.56. The SMILES string of the molecule is Oc1ccc(CNc2cc(F)ccc2F)cc1Br. The van der Waals surface area contributed by atoms with Gasteiger partial charge in [0.15, 0.2) is 0 Å². The van der Waals surface area contributed by atoms with E-state index in [1.807, 2.05) is 0 Å². The average Bonchev–Trinajstić information content (AvgIpc) is 2.34. The average molecular weight is 314 g/mol. The topological polar surface area (TPSA) is 32.3 Å². The van der Waals surface area contributed by atoms with Gasteiger partial charge in [-0.25, -0.2) is 8.78 Å². The minimum atomic E-state index is -0.505. The first kappa shape index (κ1) is 12.8. The molecule has 2 N–H and O–H groups in total. The fourth-order valence-electron chi connectivity index (χ4n) is 1.49. The summed E-state index contributed by atoms with van der Waals surface area (Å²) in [5, 5.41) is 12.1. The van der Waals surface area contributed by atoms with Crippen molar-refractivity contribution in [2.24, 2.45) is 0 Å². The number of hydrogen-bond acceptors (Lipinski definition) is 2. The number of rotatable bonds is 3. The second-order valence-electron chi connectivity index (χ2n) is 3.76. The number of benzene rings is 2. The van der Waals surface area contributed by atoms with Crippen LogP contribution in [0.15, 0.2) is 40.9 Å². The van der Waals surface area contributed by atoms with E-state index >= 15 is 0 Å². The Labute approximate surface area is 111 Å². The van der Waals surface area contributed by atoms with Crippen molar-refractivity contribution in [2.75, 3.05) is 5.32 Å². The van der Waals surface area contributed by atoms with Crippen molar-refractivity contribution < 1.29 is 13.9 Å². The Balaban J connectivity index is 2.11. The molecule has 0 fully saturated rings. The number of hydrogen-bond donors (Lipinski definition) is 2. The van der Waals surface area contributed by atoms with Crippen molar-refractivity contribution in [3.63, 3.8) is 0 Å². The zero-order valence-electron chi connectivity index (χ0n) is 9.25. The van der Waals surface area contributed by atoms with Gasteiger partial charge < -0.3 is 10.4 Å². The fourth-order valence-corrected chi connectivity index (χ4v) is 1.92. The smallest absolute Gasteiger partial charge is 0.146 e. The number of aromatic hydroxyl groups is 1. The number of anilines is 1. The molecule has 0 heterocycles. The fraction of sp³-hybridized carbons (Fsp3) is 0.0769. The van der Waals surface area contributed by atoms with E-state index in [0.717, 1.165) is 23.8 Å². The molecule has 2 rings (SSSR count). The van der Waals surface area contributed by atoms with E-state index in [1.54, 1.807) is 12.1 Å². The van der Waals surface area contributed by atoms with Crippen LogP contribution < -0.4 is 5.32 Å². The van der Waals surface area contributed by atoms with Gasteiger partial charge in [-0.3, -0.25) is 0 Å². The lowest BCUT2D eigenvalue weighted by Gasteiger charge is -2.08. The highest BCUT2D eigenvalue weighted by Gasteiger charge is 2.04. The van der Waals surface area contributed by atoms with Crippen molar-refractivity contribution in [1.29, 1.82) is 0 Å². The molecule has 0 bridgehead atoms. The Bertz CT molecular complexity index is 575. The normalized spacial score (nSPS) is 10.4. The Kier molecular flexibility index (Phi) is 3.81. The van der Waals surface area contributed by atoms with Crippen LogP contribution >= 0.6 is 15.9 Å². The van der Waals surface area contributed by atoms with E-state index in [4.69, 9.17) is 0 Å². The Morgan fingerprint density at radius 2 is 1.89 bits per heavy atom. The van der Waals surface area contributed by atoms with Crippen LogP contribution in [0.3, 0.4) is 0 Å². The molecule has 0 aromatic heterocycles. The van der Waals surface area contributed by atoms with Gasteiger partial charge in [0.25, 0.3) is 0 Å². The van der Waals surface area contributed by atoms with Crippen molar-refractivity contribution in [2.45, 2.75) is 6.54 Å². The van der Waals surface area contributed by atoms with Crippen LogP contribution in [-0.2, 0) is 6.54 Å². The number of phenolic OH excluding ortho intramolecular Hbond substituents is 1. The van der Waals surface area contributed by atoms with Crippen LogP contribution in [0.2, 0.25) is 0 Å². The van der Waals surface area contributed by atoms with Gasteiger partial charge in [0.1, 0.15) is 17.4 Å². The Morgan fingerprint density at radius 1 is 1.11 bits per heavy atom. The summed E-state index contributed by atoms with van der Waals surface area (Å²) < 4.78 is 26.8. The van der Waals surface area contributed by atoms with Crippen LogP contribution in [0.4, 0.5) is 14.5 Å². The monoisotopic (exact) mass is 313 g/mol. The molecule has 0 amide bonds. The third-order valence-electron chi connectivity index (χ3n) is 2.42. The van der Waals surface area contributed by atoms with E-state index in [0.29, 0.717) is 11.0 Å². The highest BCUT2D eigenvalue weighted by molar-refractivity contribution is 9.10. The molecule has 94 valence electrons. The van der Waals surface area contributed by atoms with Crippen molar-refractivity contribution in [1.82, 2.24) is 0 Å². The van der Waals surface area contributed by atoms with Crippen LogP contribution in [0.5, 0.6) is 5.75 Å². The molecule has 0 aliphatic carbocycles. The summed E-state index contributed by atoms with van der Waals surface area (Å²) in [4.78, 5) is 0. The zero-order chi connectivity index (χ0) is 13.1. The van der Waals surface area contributed by atoms with E-state index in [2.05, 4.69) is 21.2 Å². The number of nitrogens with one attached hydrogen (secondary N) is 1. The summed E-state index contributed by atoms with van der Waals surface area (Å²) in [6, 6.07) is 8.18. The standard InChI is InChI=1S/C13H10BrF2NO/c14-10-5-8(1-4-13(10)18)7-17-12-6-9(15)2-3-11(12)16/h1-6,17-18H,7H2. The van der Waals surface area contributed by atoms with Gasteiger partial charge in [0, 0.05) is 6.54 Å². The predicted molar refractivity (Wildman–Crippen MR) is 69.5 cm³/mol. The van der Waals surface area contributed by atoms with Gasteiger partial charge in [0.2, 0.25) is 0 Å². The summed E-state index contributed by atoms with van der Waals surface area (Å²) in [5.41, 5.74) is 0.947. The van der Waals surface area contributed by atoms with Crippen LogP contribution in [0.1, 0.15) is 5.56 Å². The van der Waals surface area contributed by atoms with Crippen molar-refractivity contribution >= 4 is 21.6 Å². The minimum absolute atomic E-state index is 0.110. The van der Waals surface area contributed by atoms with E-state index in [1.165, 1.54) is 6.07 Å². The highest BCUT2D eigenvalue weighted by Crippen LogP contribution is 2.25. The summed E-state index contributed by atoms with van der Waals surface area (Å²) in [5.74, 6) is -0.865. The third kappa shape index (κ3) is 2.98. The van der Waals surface area contributed by atoms with Crippen LogP contribution in [0.25, 0.3) is 0 Å². The molecule has 0 unspecified atom stereocenters. The molecular weight excluding hydrogens is 304 g/mol. The molecule has 0 aliphatic rings. The first-order valence-electron chi connectivity index (χ1n) is 5.22. The van der Waals surface area contributed by atoms with Gasteiger partial charge >= 0.3 is 0 Å². The maximum Gasteiger partial charge on any atom is 0.146 e. The Hall–Kier alpha value is -1.62. The highest BCUT2D eigenvalue weighted by atomic mass is 79.9. The molecule has 2 nitrogen and oxygen atoms in total. The quantitative estimate of drug-likeness (QED) is 0.896. The van der Waals surface area contributed by atoms with Gasteiger partial charge in [0.05, 0.1) is 10.2 Å². The molecular formula is C13H10BrF2NO. The molecule has 5 heteroatoms. The molecule has 0 atom stereocenters.